The smallest absolute Gasteiger partial charge is 0.00186 e. The Morgan fingerprint density at radius 2 is 1.18 bits per heavy atom. The van der Waals surface area contributed by atoms with Crippen molar-refractivity contribution < 1.29 is 0 Å². The molecule has 2 bridgehead atoms. The van der Waals surface area contributed by atoms with E-state index in [1.807, 2.05) is 0 Å². The molecule has 0 aromatic carbocycles. The van der Waals surface area contributed by atoms with Crippen LogP contribution in [0.1, 0.15) is 38.5 Å². The molecule has 0 N–H and O–H groups in total. The van der Waals surface area contributed by atoms with Gasteiger partial charge in [-0.05, 0) is 64.1 Å². The zero-order valence-electron chi connectivity index (χ0n) is 7.39. The molecule has 0 spiro atoms. The molecule has 1 heteroatoms. The van der Waals surface area contributed by atoms with Crippen LogP contribution < -0.4 is 0 Å². The highest BCUT2D eigenvalue weighted by Gasteiger charge is 2.18. The minimum absolute atomic E-state index is 1.09. The van der Waals surface area contributed by atoms with Crippen LogP contribution in [0.4, 0.5) is 0 Å². The quantitative estimate of drug-likeness (QED) is 0.516. The van der Waals surface area contributed by atoms with Crippen LogP contribution in [0.15, 0.2) is 0 Å². The number of hydrogen-bond acceptors (Lipinski definition) is 1. The Labute approximate surface area is 69.8 Å². The van der Waals surface area contributed by atoms with Crippen LogP contribution in [-0.2, 0) is 0 Å². The first-order valence-electron chi connectivity index (χ1n) is 5.17. The van der Waals surface area contributed by atoms with Crippen molar-refractivity contribution in [3.63, 3.8) is 0 Å². The van der Waals surface area contributed by atoms with Gasteiger partial charge in [-0.25, -0.2) is 0 Å². The number of hydrogen-bond donors (Lipinski definition) is 0. The number of rotatable bonds is 0. The second-order valence-electron chi connectivity index (χ2n) is 4.13. The van der Waals surface area contributed by atoms with Gasteiger partial charge in [0.15, 0.2) is 0 Å². The molecule has 3 saturated heterocycles. The van der Waals surface area contributed by atoms with Gasteiger partial charge in [0, 0.05) is 0 Å². The fourth-order valence-corrected chi connectivity index (χ4v) is 2.58. The van der Waals surface area contributed by atoms with Crippen LogP contribution in [0.3, 0.4) is 0 Å². The van der Waals surface area contributed by atoms with Crippen LogP contribution >= 0.6 is 0 Å². The van der Waals surface area contributed by atoms with E-state index in [0.29, 0.717) is 0 Å². The summed E-state index contributed by atoms with van der Waals surface area (Å²) >= 11 is 0. The summed E-state index contributed by atoms with van der Waals surface area (Å²) in [4.78, 5) is 2.66. The van der Waals surface area contributed by atoms with E-state index in [1.165, 1.54) is 58.2 Å². The SMILES string of the molecule is C1CC2CCCN(C1)CCC2. The predicted octanol–water partition coefficient (Wildman–Crippen LogP) is 2.27. The maximum atomic E-state index is 2.66. The molecule has 3 aliphatic rings. The molecule has 0 aliphatic carbocycles. The normalized spacial score (nSPS) is 39.3. The van der Waals surface area contributed by atoms with Crippen molar-refractivity contribution >= 4 is 0 Å². The van der Waals surface area contributed by atoms with Gasteiger partial charge in [-0.1, -0.05) is 0 Å². The van der Waals surface area contributed by atoms with Crippen molar-refractivity contribution in [3.8, 4) is 0 Å². The molecule has 0 radical (unpaired) electrons. The van der Waals surface area contributed by atoms with Gasteiger partial charge in [-0.15, -0.1) is 0 Å². The van der Waals surface area contributed by atoms with Gasteiger partial charge in [0.1, 0.15) is 0 Å². The molecule has 0 unspecified atom stereocenters. The molecule has 0 atom stereocenters. The summed E-state index contributed by atoms with van der Waals surface area (Å²) in [7, 11) is 0. The van der Waals surface area contributed by atoms with E-state index in [9.17, 15) is 0 Å². The lowest BCUT2D eigenvalue weighted by Crippen LogP contribution is -2.32. The first-order chi connectivity index (χ1) is 5.45. The van der Waals surface area contributed by atoms with Gasteiger partial charge in [0.25, 0.3) is 0 Å². The average Bonchev–Trinajstić information content (AvgIpc) is 1.80. The van der Waals surface area contributed by atoms with E-state index in [4.69, 9.17) is 0 Å². The van der Waals surface area contributed by atoms with Crippen LogP contribution in [0.2, 0.25) is 0 Å². The largest absolute Gasteiger partial charge is 0.303 e. The van der Waals surface area contributed by atoms with Crippen molar-refractivity contribution in [3.05, 3.63) is 0 Å². The third-order valence-corrected chi connectivity index (χ3v) is 3.26. The van der Waals surface area contributed by atoms with E-state index in [0.717, 1.165) is 5.92 Å². The molecule has 0 aromatic heterocycles. The molecule has 3 rings (SSSR count). The van der Waals surface area contributed by atoms with Crippen molar-refractivity contribution in [1.82, 2.24) is 4.90 Å². The van der Waals surface area contributed by atoms with Crippen molar-refractivity contribution in [2.75, 3.05) is 19.6 Å². The first-order valence-corrected chi connectivity index (χ1v) is 5.17. The fourth-order valence-electron chi connectivity index (χ4n) is 2.58. The lowest BCUT2D eigenvalue weighted by Gasteiger charge is -2.31. The van der Waals surface area contributed by atoms with E-state index in [1.54, 1.807) is 0 Å². The molecule has 3 aliphatic heterocycles. The minimum atomic E-state index is 1.09. The van der Waals surface area contributed by atoms with Crippen LogP contribution in [-0.4, -0.2) is 24.5 Å². The average molecular weight is 153 g/mol. The number of nitrogens with zero attached hydrogens (tertiary/aromatic N) is 1. The Balaban J connectivity index is 1.96. The van der Waals surface area contributed by atoms with Gasteiger partial charge in [-0.3, -0.25) is 0 Å². The summed E-state index contributed by atoms with van der Waals surface area (Å²) < 4.78 is 0. The maximum Gasteiger partial charge on any atom is -0.00186 e. The molecule has 3 fully saturated rings. The molecule has 64 valence electrons. The van der Waals surface area contributed by atoms with Crippen molar-refractivity contribution in [2.24, 2.45) is 5.92 Å². The summed E-state index contributed by atoms with van der Waals surface area (Å²) in [6, 6.07) is 0. The topological polar surface area (TPSA) is 3.24 Å². The van der Waals surface area contributed by atoms with E-state index < -0.39 is 0 Å². The Kier molecular flexibility index (Phi) is 2.47. The highest BCUT2D eigenvalue weighted by Crippen LogP contribution is 2.25. The maximum absolute atomic E-state index is 2.66. The van der Waals surface area contributed by atoms with Gasteiger partial charge in [0.2, 0.25) is 0 Å². The molecule has 1 nitrogen and oxygen atoms in total. The van der Waals surface area contributed by atoms with Crippen LogP contribution in [0, 0.1) is 5.92 Å². The third kappa shape index (κ3) is 1.96. The zero-order valence-corrected chi connectivity index (χ0v) is 7.39. The van der Waals surface area contributed by atoms with Gasteiger partial charge in [-0.2, -0.15) is 0 Å². The Morgan fingerprint density at radius 3 is 1.64 bits per heavy atom. The van der Waals surface area contributed by atoms with Crippen LogP contribution in [0.25, 0.3) is 0 Å². The van der Waals surface area contributed by atoms with Gasteiger partial charge >= 0.3 is 0 Å². The summed E-state index contributed by atoms with van der Waals surface area (Å²) in [6.45, 7) is 4.16. The molecular formula is C10H19N. The highest BCUT2D eigenvalue weighted by atomic mass is 15.1. The van der Waals surface area contributed by atoms with E-state index >= 15 is 0 Å². The van der Waals surface area contributed by atoms with Crippen LogP contribution in [0.5, 0.6) is 0 Å². The lowest BCUT2D eigenvalue weighted by atomic mass is 9.89. The summed E-state index contributed by atoms with van der Waals surface area (Å²) in [5.74, 6) is 1.09. The lowest BCUT2D eigenvalue weighted by molar-refractivity contribution is 0.182. The minimum Gasteiger partial charge on any atom is -0.303 e. The molecular weight excluding hydrogens is 134 g/mol. The predicted molar refractivity (Wildman–Crippen MR) is 47.6 cm³/mol. The summed E-state index contributed by atoms with van der Waals surface area (Å²) in [5.41, 5.74) is 0. The fraction of sp³-hybridized carbons (Fsp3) is 1.00. The summed E-state index contributed by atoms with van der Waals surface area (Å²) in [6.07, 6.45) is 8.92. The second-order valence-corrected chi connectivity index (χ2v) is 4.13. The van der Waals surface area contributed by atoms with E-state index in [2.05, 4.69) is 4.90 Å². The molecule has 11 heavy (non-hydrogen) atoms. The first kappa shape index (κ1) is 7.60. The standard InChI is InChI=1S/C10H19N/c1-4-10-5-2-8-11(7-1)9-3-6-10/h10H,1-9H2. The Hall–Kier alpha value is -0.0400. The Morgan fingerprint density at radius 1 is 0.727 bits per heavy atom. The van der Waals surface area contributed by atoms with Gasteiger partial charge in [0.05, 0.1) is 0 Å². The van der Waals surface area contributed by atoms with E-state index in [-0.39, 0.29) is 0 Å². The Bertz CT molecular complexity index is 86.3. The highest BCUT2D eigenvalue weighted by molar-refractivity contribution is 4.72. The number of fused-ring (bicyclic) bond motifs is 6. The molecule has 0 aromatic rings. The molecule has 0 saturated carbocycles. The third-order valence-electron chi connectivity index (χ3n) is 3.26. The molecule has 0 amide bonds. The van der Waals surface area contributed by atoms with Crippen molar-refractivity contribution in [2.45, 2.75) is 38.5 Å². The van der Waals surface area contributed by atoms with Crippen molar-refractivity contribution in [1.29, 1.82) is 0 Å². The summed E-state index contributed by atoms with van der Waals surface area (Å²) in [5, 5.41) is 0. The zero-order chi connectivity index (χ0) is 7.52. The monoisotopic (exact) mass is 153 g/mol. The van der Waals surface area contributed by atoms with Gasteiger partial charge < -0.3 is 4.90 Å². The second kappa shape index (κ2) is 3.57. The molecule has 3 heterocycles.